The van der Waals surface area contributed by atoms with Gasteiger partial charge in [-0.1, -0.05) is 22.0 Å². The third-order valence-electron chi connectivity index (χ3n) is 3.03. The zero-order valence-electron chi connectivity index (χ0n) is 11.5. The highest BCUT2D eigenvalue weighted by Gasteiger charge is 2.23. The molecule has 4 heteroatoms. The maximum Gasteiger partial charge on any atom is 0.127 e. The minimum absolute atomic E-state index is 0.0808. The summed E-state index contributed by atoms with van der Waals surface area (Å²) in [6.07, 6.45) is 0. The van der Waals surface area contributed by atoms with Crippen LogP contribution in [0.25, 0.3) is 0 Å². The second kappa shape index (κ2) is 5.97. The predicted molar refractivity (Wildman–Crippen MR) is 84.1 cm³/mol. The molecule has 0 N–H and O–H groups in total. The number of aryl methyl sites for hydroxylation is 2. The lowest BCUT2D eigenvalue weighted by molar-refractivity contribution is 0.387. The second-order valence-electron chi connectivity index (χ2n) is 4.34. The van der Waals surface area contributed by atoms with E-state index in [1.807, 2.05) is 18.2 Å². The summed E-state index contributed by atoms with van der Waals surface area (Å²) in [6.45, 7) is 4.26. The molecule has 0 saturated carbocycles. The van der Waals surface area contributed by atoms with Crippen molar-refractivity contribution in [3.63, 3.8) is 0 Å². The Bertz CT molecular complexity index is 555. The molecule has 1 aromatic carbocycles. The lowest BCUT2D eigenvalue weighted by Gasteiger charge is -2.17. The normalized spacial score (nSPS) is 12.3. The van der Waals surface area contributed by atoms with Crippen LogP contribution in [0.3, 0.4) is 0 Å². The summed E-state index contributed by atoms with van der Waals surface area (Å²) in [5, 5.41) is 0. The summed E-state index contributed by atoms with van der Waals surface area (Å²) in [6, 6.07) is 8.06. The summed E-state index contributed by atoms with van der Waals surface area (Å²) in [7, 11) is 3.37. The van der Waals surface area contributed by atoms with E-state index in [0.29, 0.717) is 0 Å². The molecule has 0 bridgehead atoms. The van der Waals surface area contributed by atoms with Gasteiger partial charge in [-0.25, -0.2) is 0 Å². The summed E-state index contributed by atoms with van der Waals surface area (Å²) in [5.41, 5.74) is 2.33. The van der Waals surface area contributed by atoms with Gasteiger partial charge in [0.2, 0.25) is 0 Å². The maximum atomic E-state index is 5.47. The van der Waals surface area contributed by atoms with Gasteiger partial charge in [0.05, 0.1) is 24.6 Å². The third kappa shape index (κ3) is 2.79. The van der Waals surface area contributed by atoms with Crippen LogP contribution in [0.2, 0.25) is 0 Å². The molecule has 1 atom stereocenters. The van der Waals surface area contributed by atoms with E-state index in [2.05, 4.69) is 35.8 Å². The summed E-state index contributed by atoms with van der Waals surface area (Å²) in [5.74, 6) is 1.68. The average molecular weight is 341 g/mol. The minimum Gasteiger partial charge on any atom is -0.496 e. The van der Waals surface area contributed by atoms with Crippen molar-refractivity contribution >= 4 is 27.3 Å². The molecule has 0 fully saturated rings. The van der Waals surface area contributed by atoms with Gasteiger partial charge in [-0.2, -0.15) is 0 Å². The Morgan fingerprint density at radius 3 is 2.11 bits per heavy atom. The Hall–Kier alpha value is -1.00. The van der Waals surface area contributed by atoms with Gasteiger partial charge >= 0.3 is 0 Å². The highest BCUT2D eigenvalue weighted by Crippen LogP contribution is 2.45. The van der Waals surface area contributed by atoms with Crippen LogP contribution in [-0.2, 0) is 0 Å². The molecule has 0 saturated heterocycles. The Morgan fingerprint density at radius 2 is 1.68 bits per heavy atom. The molecule has 2 aromatic rings. The molecule has 0 aliphatic carbocycles. The number of methoxy groups -OCH3 is 2. The average Bonchev–Trinajstić information content (AvgIpc) is 2.75. The molecule has 0 spiro atoms. The zero-order valence-corrected chi connectivity index (χ0v) is 13.9. The smallest absolute Gasteiger partial charge is 0.127 e. The predicted octanol–water partition coefficient (Wildman–Crippen LogP) is 4.87. The van der Waals surface area contributed by atoms with Crippen LogP contribution in [-0.4, -0.2) is 14.2 Å². The molecule has 2 nitrogen and oxygen atoms in total. The van der Waals surface area contributed by atoms with E-state index >= 15 is 0 Å². The van der Waals surface area contributed by atoms with Crippen molar-refractivity contribution in [1.82, 2.24) is 0 Å². The first-order valence-electron chi connectivity index (χ1n) is 6.00. The van der Waals surface area contributed by atoms with Crippen molar-refractivity contribution in [1.29, 1.82) is 0 Å². The molecule has 0 aliphatic rings. The van der Waals surface area contributed by atoms with Crippen LogP contribution < -0.4 is 9.47 Å². The number of benzene rings is 1. The maximum absolute atomic E-state index is 5.47. The SMILES string of the molecule is COc1cccc(OC)c1C(Br)c1sc(C)cc1C. The number of alkyl halides is 1. The first-order valence-corrected chi connectivity index (χ1v) is 7.73. The van der Waals surface area contributed by atoms with Crippen molar-refractivity contribution in [2.75, 3.05) is 14.2 Å². The lowest BCUT2D eigenvalue weighted by Crippen LogP contribution is -2.00. The van der Waals surface area contributed by atoms with Gasteiger partial charge in [-0.3, -0.25) is 0 Å². The van der Waals surface area contributed by atoms with Crippen molar-refractivity contribution in [2.45, 2.75) is 18.7 Å². The van der Waals surface area contributed by atoms with E-state index in [0.717, 1.165) is 17.1 Å². The number of hydrogen-bond donors (Lipinski definition) is 0. The molecule has 0 radical (unpaired) electrons. The molecular weight excluding hydrogens is 324 g/mol. The Labute approximate surface area is 126 Å². The Kier molecular flexibility index (Phi) is 4.53. The fraction of sp³-hybridized carbons (Fsp3) is 0.333. The van der Waals surface area contributed by atoms with Crippen LogP contribution >= 0.6 is 27.3 Å². The van der Waals surface area contributed by atoms with E-state index in [9.17, 15) is 0 Å². The van der Waals surface area contributed by atoms with E-state index in [-0.39, 0.29) is 4.83 Å². The Balaban J connectivity index is 2.54. The highest BCUT2D eigenvalue weighted by atomic mass is 79.9. The van der Waals surface area contributed by atoms with Crippen LogP contribution in [0, 0.1) is 13.8 Å². The number of rotatable bonds is 4. The van der Waals surface area contributed by atoms with E-state index < -0.39 is 0 Å². The molecule has 1 aromatic heterocycles. The van der Waals surface area contributed by atoms with Crippen molar-refractivity contribution < 1.29 is 9.47 Å². The number of halogens is 1. The molecule has 1 heterocycles. The third-order valence-corrected chi connectivity index (χ3v) is 5.47. The molecule has 0 amide bonds. The van der Waals surface area contributed by atoms with Crippen LogP contribution in [0.4, 0.5) is 0 Å². The molecule has 19 heavy (non-hydrogen) atoms. The quantitative estimate of drug-likeness (QED) is 0.739. The summed E-state index contributed by atoms with van der Waals surface area (Å²) >= 11 is 5.59. The summed E-state index contributed by atoms with van der Waals surface area (Å²) < 4.78 is 10.9. The van der Waals surface area contributed by atoms with Crippen molar-refractivity contribution in [3.8, 4) is 11.5 Å². The number of ether oxygens (including phenoxy) is 2. The first-order chi connectivity index (χ1) is 9.08. The van der Waals surface area contributed by atoms with E-state index in [1.165, 1.54) is 15.3 Å². The molecule has 2 rings (SSSR count). The molecule has 1 unspecified atom stereocenters. The van der Waals surface area contributed by atoms with Crippen molar-refractivity contribution in [3.05, 3.63) is 45.1 Å². The largest absolute Gasteiger partial charge is 0.496 e. The lowest BCUT2D eigenvalue weighted by atomic mass is 10.1. The number of thiophene rings is 1. The Morgan fingerprint density at radius 1 is 1.11 bits per heavy atom. The monoisotopic (exact) mass is 340 g/mol. The van der Waals surface area contributed by atoms with Gasteiger partial charge in [0.25, 0.3) is 0 Å². The van der Waals surface area contributed by atoms with Gasteiger partial charge in [0.15, 0.2) is 0 Å². The molecule has 0 aliphatic heterocycles. The van der Waals surface area contributed by atoms with Crippen molar-refractivity contribution in [2.24, 2.45) is 0 Å². The fourth-order valence-corrected chi connectivity index (χ4v) is 4.29. The second-order valence-corrected chi connectivity index (χ2v) is 6.55. The van der Waals surface area contributed by atoms with Gasteiger partial charge in [0.1, 0.15) is 11.5 Å². The first kappa shape index (κ1) is 14.4. The zero-order chi connectivity index (χ0) is 14.0. The van der Waals surface area contributed by atoms with E-state index in [4.69, 9.17) is 9.47 Å². The minimum atomic E-state index is 0.0808. The molecular formula is C15H17BrO2S. The van der Waals surface area contributed by atoms with E-state index in [1.54, 1.807) is 25.6 Å². The standard InChI is InChI=1S/C15H17BrO2S/c1-9-8-10(2)19-15(9)14(16)13-11(17-3)6-5-7-12(13)18-4/h5-8,14H,1-4H3. The van der Waals surface area contributed by atoms with Gasteiger partial charge < -0.3 is 9.47 Å². The topological polar surface area (TPSA) is 18.5 Å². The molecule has 102 valence electrons. The van der Waals surface area contributed by atoms with Crippen LogP contribution in [0.1, 0.15) is 25.7 Å². The fourth-order valence-electron chi connectivity index (χ4n) is 2.17. The summed E-state index contributed by atoms with van der Waals surface area (Å²) in [4.78, 5) is 2.68. The highest BCUT2D eigenvalue weighted by molar-refractivity contribution is 9.09. The van der Waals surface area contributed by atoms with Gasteiger partial charge in [0, 0.05) is 9.75 Å². The van der Waals surface area contributed by atoms with Gasteiger partial charge in [-0.05, 0) is 37.6 Å². The number of hydrogen-bond acceptors (Lipinski definition) is 3. The van der Waals surface area contributed by atoms with Crippen LogP contribution in [0.5, 0.6) is 11.5 Å². The van der Waals surface area contributed by atoms with Gasteiger partial charge in [-0.15, -0.1) is 11.3 Å². The van der Waals surface area contributed by atoms with Crippen LogP contribution in [0.15, 0.2) is 24.3 Å².